The second kappa shape index (κ2) is 48.3. The molecule has 3 atom stereocenters. The molecule has 0 saturated heterocycles. The highest BCUT2D eigenvalue weighted by Gasteiger charge is 2.19. The molecule has 0 saturated carbocycles. The van der Waals surface area contributed by atoms with Gasteiger partial charge in [0.1, 0.15) is 13.2 Å². The highest BCUT2D eigenvalue weighted by Crippen LogP contribution is 2.19. The molecule has 63 heavy (non-hydrogen) atoms. The van der Waals surface area contributed by atoms with E-state index in [1.165, 1.54) is 193 Å². The van der Waals surface area contributed by atoms with Gasteiger partial charge in [-0.3, -0.25) is 14.4 Å². The second-order valence-corrected chi connectivity index (χ2v) is 20.5. The fourth-order valence-corrected chi connectivity index (χ4v) is 8.58. The Morgan fingerprint density at radius 3 is 0.825 bits per heavy atom. The van der Waals surface area contributed by atoms with E-state index in [-0.39, 0.29) is 31.1 Å². The molecule has 0 heterocycles. The number of unbranched alkanes of at least 4 members (excludes halogenated alkanes) is 31. The molecule has 0 radical (unpaired) electrons. The molecule has 0 aromatic carbocycles. The van der Waals surface area contributed by atoms with Crippen LogP contribution in [0, 0.1) is 17.8 Å². The van der Waals surface area contributed by atoms with Crippen LogP contribution in [0.15, 0.2) is 0 Å². The zero-order chi connectivity index (χ0) is 46.3. The fraction of sp³-hybridized carbons (Fsp3) is 0.947. The van der Waals surface area contributed by atoms with E-state index in [1.54, 1.807) is 0 Å². The molecule has 0 fully saturated rings. The minimum absolute atomic E-state index is 0.0642. The van der Waals surface area contributed by atoms with Crippen LogP contribution < -0.4 is 0 Å². The first kappa shape index (κ1) is 61.4. The van der Waals surface area contributed by atoms with Crippen molar-refractivity contribution in [3.63, 3.8) is 0 Å². The Hall–Kier alpha value is -1.59. The van der Waals surface area contributed by atoms with E-state index in [0.717, 1.165) is 75.5 Å². The summed E-state index contributed by atoms with van der Waals surface area (Å²) in [7, 11) is 0. The van der Waals surface area contributed by atoms with Gasteiger partial charge in [-0.1, -0.05) is 273 Å². The molecule has 0 N–H and O–H groups in total. The van der Waals surface area contributed by atoms with Gasteiger partial charge in [0.15, 0.2) is 6.10 Å². The summed E-state index contributed by atoms with van der Waals surface area (Å²) in [5, 5.41) is 0. The van der Waals surface area contributed by atoms with Crippen molar-refractivity contribution in [1.29, 1.82) is 0 Å². The lowest BCUT2D eigenvalue weighted by Crippen LogP contribution is -2.30. The van der Waals surface area contributed by atoms with Crippen molar-refractivity contribution < 1.29 is 28.6 Å². The Labute approximate surface area is 393 Å². The first-order chi connectivity index (χ1) is 30.7. The van der Waals surface area contributed by atoms with Crippen LogP contribution in [-0.2, 0) is 28.6 Å². The van der Waals surface area contributed by atoms with Crippen LogP contribution in [0.2, 0.25) is 0 Å². The third-order valence-corrected chi connectivity index (χ3v) is 13.6. The third-order valence-electron chi connectivity index (χ3n) is 13.6. The van der Waals surface area contributed by atoms with Crippen LogP contribution in [0.3, 0.4) is 0 Å². The van der Waals surface area contributed by atoms with Gasteiger partial charge in [-0.15, -0.1) is 0 Å². The van der Waals surface area contributed by atoms with E-state index >= 15 is 0 Å². The molecule has 0 aromatic rings. The molecule has 0 aliphatic rings. The Morgan fingerprint density at radius 1 is 0.317 bits per heavy atom. The van der Waals surface area contributed by atoms with Crippen LogP contribution in [0.4, 0.5) is 0 Å². The first-order valence-electron chi connectivity index (χ1n) is 28.2. The van der Waals surface area contributed by atoms with Crippen LogP contribution >= 0.6 is 0 Å². The molecule has 0 amide bonds. The molecule has 0 aliphatic heterocycles. The molecule has 0 aromatic heterocycles. The minimum atomic E-state index is -0.764. The SMILES string of the molecule is CCC(C)CCCCCCCCCCCCCCCCC(=O)OC[C@@H](COC(=O)CCCCCCCCCCCCCCC(C)C)OC(=O)CCCCCCCCCCC(C)CC. The number of rotatable bonds is 50. The van der Waals surface area contributed by atoms with Crippen LogP contribution in [0.1, 0.15) is 311 Å². The normalized spacial score (nSPS) is 13.0. The zero-order valence-corrected chi connectivity index (χ0v) is 43.4. The lowest BCUT2D eigenvalue weighted by atomic mass is 9.99. The highest BCUT2D eigenvalue weighted by atomic mass is 16.6. The van der Waals surface area contributed by atoms with Gasteiger partial charge in [-0.2, -0.15) is 0 Å². The summed E-state index contributed by atoms with van der Waals surface area (Å²) in [4.78, 5) is 38.1. The van der Waals surface area contributed by atoms with Gasteiger partial charge in [0, 0.05) is 19.3 Å². The minimum Gasteiger partial charge on any atom is -0.462 e. The maximum absolute atomic E-state index is 12.8. The summed E-state index contributed by atoms with van der Waals surface area (Å²) in [5.74, 6) is 1.73. The lowest BCUT2D eigenvalue weighted by Gasteiger charge is -2.18. The summed E-state index contributed by atoms with van der Waals surface area (Å²) in [6.45, 7) is 13.8. The number of hydrogen-bond acceptors (Lipinski definition) is 6. The van der Waals surface area contributed by atoms with Crippen LogP contribution in [0.5, 0.6) is 0 Å². The van der Waals surface area contributed by atoms with Crippen molar-refractivity contribution in [2.75, 3.05) is 13.2 Å². The molecule has 6 heteroatoms. The van der Waals surface area contributed by atoms with Gasteiger partial charge in [-0.05, 0) is 37.0 Å². The predicted molar refractivity (Wildman–Crippen MR) is 270 cm³/mol. The maximum atomic E-state index is 12.8. The topological polar surface area (TPSA) is 78.9 Å². The number of carbonyl (C=O) groups excluding carboxylic acids is 3. The lowest BCUT2D eigenvalue weighted by molar-refractivity contribution is -0.167. The van der Waals surface area contributed by atoms with Gasteiger partial charge in [0.25, 0.3) is 0 Å². The molecule has 0 rings (SSSR count). The number of esters is 3. The van der Waals surface area contributed by atoms with Gasteiger partial charge < -0.3 is 14.2 Å². The zero-order valence-electron chi connectivity index (χ0n) is 43.4. The monoisotopic (exact) mass is 891 g/mol. The van der Waals surface area contributed by atoms with Crippen molar-refractivity contribution in [2.45, 2.75) is 317 Å². The average Bonchev–Trinajstić information content (AvgIpc) is 3.27. The van der Waals surface area contributed by atoms with E-state index in [2.05, 4.69) is 41.5 Å². The summed E-state index contributed by atoms with van der Waals surface area (Å²) in [6, 6.07) is 0. The van der Waals surface area contributed by atoms with Gasteiger partial charge >= 0.3 is 17.9 Å². The van der Waals surface area contributed by atoms with Gasteiger partial charge in [-0.25, -0.2) is 0 Å². The quantitative estimate of drug-likeness (QED) is 0.0344. The highest BCUT2D eigenvalue weighted by molar-refractivity contribution is 5.71. The Balaban J connectivity index is 4.29. The van der Waals surface area contributed by atoms with Gasteiger partial charge in [0.2, 0.25) is 0 Å². The average molecular weight is 892 g/mol. The molecule has 6 nitrogen and oxygen atoms in total. The van der Waals surface area contributed by atoms with Crippen molar-refractivity contribution >= 4 is 17.9 Å². The molecule has 0 bridgehead atoms. The van der Waals surface area contributed by atoms with E-state index in [0.29, 0.717) is 19.3 Å². The predicted octanol–water partition coefficient (Wildman–Crippen LogP) is 18.3. The van der Waals surface area contributed by atoms with Crippen molar-refractivity contribution in [2.24, 2.45) is 17.8 Å². The fourth-order valence-electron chi connectivity index (χ4n) is 8.58. The number of hydrogen-bond donors (Lipinski definition) is 0. The molecular formula is C57H110O6. The van der Waals surface area contributed by atoms with Crippen molar-refractivity contribution in [3.05, 3.63) is 0 Å². The smallest absolute Gasteiger partial charge is 0.306 e. The summed E-state index contributed by atoms with van der Waals surface area (Å²) in [5.41, 5.74) is 0. The second-order valence-electron chi connectivity index (χ2n) is 20.5. The maximum Gasteiger partial charge on any atom is 0.306 e. The number of ether oxygens (including phenoxy) is 3. The Kier molecular flexibility index (Phi) is 47.1. The van der Waals surface area contributed by atoms with Crippen molar-refractivity contribution in [3.8, 4) is 0 Å². The molecule has 374 valence electrons. The Morgan fingerprint density at radius 2 is 0.556 bits per heavy atom. The summed E-state index contributed by atoms with van der Waals surface area (Å²) < 4.78 is 16.9. The van der Waals surface area contributed by atoms with E-state index in [1.807, 2.05) is 0 Å². The van der Waals surface area contributed by atoms with E-state index < -0.39 is 6.10 Å². The van der Waals surface area contributed by atoms with Crippen LogP contribution in [0.25, 0.3) is 0 Å². The van der Waals surface area contributed by atoms with Crippen LogP contribution in [-0.4, -0.2) is 37.2 Å². The largest absolute Gasteiger partial charge is 0.462 e. The number of carbonyl (C=O) groups is 3. The van der Waals surface area contributed by atoms with Gasteiger partial charge in [0.05, 0.1) is 0 Å². The molecule has 0 aliphatic carbocycles. The standard InChI is InChI=1S/C57H110O6/c1-7-52(5)44-38-32-26-20-16-11-9-10-12-17-21-28-34-40-46-55(58)61-49-54(63-57(60)48-42-36-30-24-23-27-33-39-45-53(6)8-2)50-62-56(59)47-41-35-29-22-18-14-13-15-19-25-31-37-43-51(3)4/h51-54H,7-50H2,1-6H3/t52?,53?,54-/m0/s1. The van der Waals surface area contributed by atoms with E-state index in [9.17, 15) is 14.4 Å². The summed E-state index contributed by atoms with van der Waals surface area (Å²) in [6.07, 6.45) is 49.4. The molecular weight excluding hydrogens is 781 g/mol. The first-order valence-corrected chi connectivity index (χ1v) is 28.2. The molecule has 0 spiro atoms. The third kappa shape index (κ3) is 48.2. The van der Waals surface area contributed by atoms with E-state index in [4.69, 9.17) is 14.2 Å². The van der Waals surface area contributed by atoms with Crippen molar-refractivity contribution in [1.82, 2.24) is 0 Å². The summed E-state index contributed by atoms with van der Waals surface area (Å²) >= 11 is 0. The molecule has 2 unspecified atom stereocenters. The Bertz CT molecular complexity index is 980.